The van der Waals surface area contributed by atoms with Crippen LogP contribution in [0.1, 0.15) is 29.5 Å². The lowest BCUT2D eigenvalue weighted by Gasteiger charge is -2.24. The van der Waals surface area contributed by atoms with E-state index in [9.17, 15) is 48.3 Å². The molecular weight excluding hydrogens is 551 g/mol. The van der Waals surface area contributed by atoms with Gasteiger partial charge in [0.25, 0.3) is 0 Å². The van der Waals surface area contributed by atoms with E-state index in [1.165, 1.54) is 6.07 Å². The molecule has 13 heteroatoms. The molecule has 3 aromatic carbocycles. The highest BCUT2D eigenvalue weighted by atomic mass is 19.4. The van der Waals surface area contributed by atoms with Crippen LogP contribution in [0.25, 0.3) is 11.6 Å². The average Bonchev–Trinajstić information content (AvgIpc) is 2.80. The fourth-order valence-electron chi connectivity index (χ4n) is 4.06. The molecule has 0 aromatic heterocycles. The van der Waals surface area contributed by atoms with E-state index in [4.69, 9.17) is 4.74 Å². The van der Waals surface area contributed by atoms with Gasteiger partial charge in [0.15, 0.2) is 0 Å². The predicted octanol–water partition coefficient (Wildman–Crippen LogP) is 7.43. The van der Waals surface area contributed by atoms with Crippen molar-refractivity contribution in [3.63, 3.8) is 0 Å². The van der Waals surface area contributed by atoms with Gasteiger partial charge in [0, 0.05) is 34.1 Å². The molecule has 0 aliphatic carbocycles. The van der Waals surface area contributed by atoms with Crippen molar-refractivity contribution < 1.29 is 53.0 Å². The molecule has 1 N–H and O–H groups in total. The zero-order valence-electron chi connectivity index (χ0n) is 19.4. The molecule has 0 spiro atoms. The second-order valence-corrected chi connectivity index (χ2v) is 8.55. The van der Waals surface area contributed by atoms with Crippen LogP contribution in [0.2, 0.25) is 0 Å². The van der Waals surface area contributed by atoms with Gasteiger partial charge in [0.1, 0.15) is 29.7 Å². The summed E-state index contributed by atoms with van der Waals surface area (Å²) in [5.41, 5.74) is -2.97. The first-order chi connectivity index (χ1) is 18.0. The fourth-order valence-corrected chi connectivity index (χ4v) is 4.06. The third kappa shape index (κ3) is 6.45. The zero-order chi connectivity index (χ0) is 28.8. The van der Waals surface area contributed by atoms with Gasteiger partial charge in [0.2, 0.25) is 0 Å². The van der Waals surface area contributed by atoms with Crippen LogP contribution in [-0.4, -0.2) is 18.9 Å². The Morgan fingerprint density at radius 3 is 2.08 bits per heavy atom. The summed E-state index contributed by atoms with van der Waals surface area (Å²) in [7, 11) is 0. The van der Waals surface area contributed by atoms with Crippen LogP contribution in [0.5, 0.6) is 11.5 Å². The Balaban J connectivity index is 1.98. The second-order valence-electron chi connectivity index (χ2n) is 8.55. The van der Waals surface area contributed by atoms with Crippen molar-refractivity contribution >= 4 is 17.3 Å². The van der Waals surface area contributed by atoms with Crippen LogP contribution in [0, 0.1) is 11.6 Å². The van der Waals surface area contributed by atoms with Gasteiger partial charge in [-0.2, -0.15) is 39.5 Å². The molecule has 208 valence electrons. The third-order valence-corrected chi connectivity index (χ3v) is 5.70. The van der Waals surface area contributed by atoms with Crippen LogP contribution in [0.3, 0.4) is 0 Å². The van der Waals surface area contributed by atoms with Gasteiger partial charge in [-0.3, -0.25) is 0 Å². The van der Waals surface area contributed by atoms with Gasteiger partial charge in [-0.25, -0.2) is 8.78 Å². The van der Waals surface area contributed by atoms with Gasteiger partial charge in [0.05, 0.1) is 11.3 Å². The molecule has 3 aromatic rings. The Kier molecular flexibility index (Phi) is 7.30. The monoisotopic (exact) mass is 567 g/mol. The first-order valence-electron chi connectivity index (χ1n) is 11.1. The van der Waals surface area contributed by atoms with E-state index in [0.29, 0.717) is 6.07 Å². The minimum Gasteiger partial charge on any atom is -0.456 e. The number of anilines is 1. The molecule has 0 saturated carbocycles. The molecule has 1 heterocycles. The van der Waals surface area contributed by atoms with E-state index in [1.54, 1.807) is 0 Å². The second kappa shape index (κ2) is 10.1. The average molecular weight is 567 g/mol. The van der Waals surface area contributed by atoms with E-state index in [-0.39, 0.29) is 33.1 Å². The highest BCUT2D eigenvalue weighted by Gasteiger charge is 2.36. The van der Waals surface area contributed by atoms with Crippen molar-refractivity contribution in [1.82, 2.24) is 0 Å². The number of benzene rings is 3. The number of rotatable bonds is 5. The van der Waals surface area contributed by atoms with Crippen molar-refractivity contribution in [1.29, 1.82) is 0 Å². The zero-order valence-corrected chi connectivity index (χ0v) is 19.4. The minimum atomic E-state index is -4.90. The number of alkyl halides is 9. The summed E-state index contributed by atoms with van der Waals surface area (Å²) in [5.74, 6) is -2.96. The number of halogens is 11. The molecule has 0 atom stereocenters. The molecule has 2 nitrogen and oxygen atoms in total. The Morgan fingerprint density at radius 1 is 0.744 bits per heavy atom. The maximum absolute atomic E-state index is 15.0. The standard InChI is InChI=1S/C26H16F11NO/c27-18-9-15-21(8-13(18)4-3-7-24(29,30)31)39-22-11-20(38-12-25(32,33)34)19(28)10-16(22)23(15)14-5-1-2-6-17(14)26(35,36)37/h1-2,4-6,8-11,38H,3,7,12H2/b13-4-. The number of hydrogen-bond donors (Lipinski definition) is 1. The van der Waals surface area contributed by atoms with Crippen LogP contribution in [0.4, 0.5) is 54.0 Å². The van der Waals surface area contributed by atoms with Crippen molar-refractivity contribution in [2.24, 2.45) is 0 Å². The molecule has 0 amide bonds. The van der Waals surface area contributed by atoms with E-state index >= 15 is 0 Å². The topological polar surface area (TPSA) is 21.3 Å². The molecule has 0 saturated heterocycles. The smallest absolute Gasteiger partial charge is 0.417 e. The fraction of sp³-hybridized carbons (Fsp3) is 0.231. The number of fused-ring (bicyclic) bond motifs is 2. The van der Waals surface area contributed by atoms with Crippen molar-refractivity contribution in [3.8, 4) is 11.5 Å². The summed E-state index contributed by atoms with van der Waals surface area (Å²) in [4.78, 5) is 0. The molecule has 0 fully saturated rings. The van der Waals surface area contributed by atoms with Crippen molar-refractivity contribution in [2.45, 2.75) is 31.4 Å². The van der Waals surface area contributed by atoms with Gasteiger partial charge in [-0.1, -0.05) is 24.3 Å². The molecule has 39 heavy (non-hydrogen) atoms. The SMILES string of the molecule is Fc1cc2c(cc1NCC(F)(F)F)Oc1c/c(=C/CCC(F)(F)F)c(F)cc1=C2c1ccccc1C(F)(F)F. The maximum atomic E-state index is 15.0. The molecule has 1 aliphatic rings. The quantitative estimate of drug-likeness (QED) is 0.253. The molecule has 4 rings (SSSR count). The normalized spacial score (nSPS) is 14.1. The number of nitrogens with one attached hydrogen (secondary N) is 1. The molecule has 0 radical (unpaired) electrons. The summed E-state index contributed by atoms with van der Waals surface area (Å²) in [6.07, 6.45) is -15.1. The van der Waals surface area contributed by atoms with Gasteiger partial charge >= 0.3 is 18.5 Å². The highest BCUT2D eigenvalue weighted by molar-refractivity contribution is 5.87. The summed E-state index contributed by atoms with van der Waals surface area (Å²) in [6.45, 7) is -1.63. The van der Waals surface area contributed by atoms with Gasteiger partial charge in [-0.15, -0.1) is 0 Å². The largest absolute Gasteiger partial charge is 0.456 e. The summed E-state index contributed by atoms with van der Waals surface area (Å²) in [5, 5.41) is 1.23. The van der Waals surface area contributed by atoms with Gasteiger partial charge < -0.3 is 10.1 Å². The molecular formula is C26H16F11NO. The predicted molar refractivity (Wildman–Crippen MR) is 119 cm³/mol. The Morgan fingerprint density at radius 2 is 1.44 bits per heavy atom. The summed E-state index contributed by atoms with van der Waals surface area (Å²) < 4.78 is 153. The Bertz CT molecular complexity index is 1520. The lowest BCUT2D eigenvalue weighted by molar-refractivity contribution is -0.137. The molecule has 0 unspecified atom stereocenters. The maximum Gasteiger partial charge on any atom is 0.417 e. The van der Waals surface area contributed by atoms with E-state index in [0.717, 1.165) is 42.5 Å². The summed E-state index contributed by atoms with van der Waals surface area (Å²) >= 11 is 0. The lowest BCUT2D eigenvalue weighted by Crippen LogP contribution is -2.25. The number of hydrogen-bond acceptors (Lipinski definition) is 2. The first-order valence-corrected chi connectivity index (χ1v) is 11.1. The van der Waals surface area contributed by atoms with Crippen LogP contribution in [-0.2, 0) is 6.18 Å². The van der Waals surface area contributed by atoms with E-state index in [1.807, 2.05) is 5.32 Å². The van der Waals surface area contributed by atoms with Crippen molar-refractivity contribution in [2.75, 3.05) is 11.9 Å². The minimum absolute atomic E-state index is 0.264. The van der Waals surface area contributed by atoms with Gasteiger partial charge in [-0.05, 0) is 36.2 Å². The lowest BCUT2D eigenvalue weighted by atomic mass is 9.89. The van der Waals surface area contributed by atoms with Crippen LogP contribution in [0.15, 0.2) is 48.5 Å². The third-order valence-electron chi connectivity index (χ3n) is 5.70. The van der Waals surface area contributed by atoms with E-state index < -0.39 is 66.4 Å². The van der Waals surface area contributed by atoms with Crippen molar-refractivity contribution in [3.05, 3.63) is 87.3 Å². The van der Waals surface area contributed by atoms with Crippen LogP contribution >= 0.6 is 0 Å². The van der Waals surface area contributed by atoms with Crippen LogP contribution < -0.4 is 20.5 Å². The first kappa shape index (κ1) is 28.2. The summed E-state index contributed by atoms with van der Waals surface area (Å²) in [6, 6.07) is 7.33. The Labute approximate surface area is 213 Å². The molecule has 1 aliphatic heterocycles. The Hall–Kier alpha value is -3.77. The highest BCUT2D eigenvalue weighted by Crippen LogP contribution is 2.43. The molecule has 0 bridgehead atoms. The number of ether oxygens (including phenoxy) is 1. The van der Waals surface area contributed by atoms with E-state index in [2.05, 4.69) is 0 Å².